The number of phosphoric acid groups is 1. The lowest BCUT2D eigenvalue weighted by Crippen LogP contribution is -2.46. The molecule has 3 unspecified atom stereocenters. The summed E-state index contributed by atoms with van der Waals surface area (Å²) in [5.41, 5.74) is 0. The quantitative estimate of drug-likeness (QED) is 0.0272. The number of hydrogen-bond acceptors (Lipinski definition) is 6. The third-order valence-electron chi connectivity index (χ3n) is 12.3. The summed E-state index contributed by atoms with van der Waals surface area (Å²) in [4.78, 5) is 25.5. The van der Waals surface area contributed by atoms with Crippen LogP contribution in [0.25, 0.3) is 0 Å². The van der Waals surface area contributed by atoms with Crippen molar-refractivity contribution in [2.45, 2.75) is 264 Å². The van der Waals surface area contributed by atoms with Gasteiger partial charge in [-0.1, -0.05) is 242 Å². The Morgan fingerprint density at radius 3 is 1.37 bits per heavy atom. The zero-order chi connectivity index (χ0) is 47.8. The second-order valence-corrected chi connectivity index (χ2v) is 21.3. The van der Waals surface area contributed by atoms with Gasteiger partial charge in [0.15, 0.2) is 0 Å². The maximum absolute atomic E-state index is 13.0. The van der Waals surface area contributed by atoms with Gasteiger partial charge in [0.05, 0.1) is 39.9 Å². The summed E-state index contributed by atoms with van der Waals surface area (Å²) in [5, 5.41) is 14.0. The fraction of sp³-hybridized carbons (Fsp3) is 0.839. The van der Waals surface area contributed by atoms with Crippen LogP contribution in [0.2, 0.25) is 0 Å². The van der Waals surface area contributed by atoms with Crippen LogP contribution in [0.15, 0.2) is 48.6 Å². The molecule has 0 aliphatic carbocycles. The molecule has 1 amide bonds. The predicted octanol–water partition coefficient (Wildman–Crippen LogP) is 15.7. The largest absolute Gasteiger partial charge is 0.756 e. The summed E-state index contributed by atoms with van der Waals surface area (Å²) in [5.74, 6) is -0.168. The molecule has 0 saturated heterocycles. The Morgan fingerprint density at radius 1 is 0.554 bits per heavy atom. The van der Waals surface area contributed by atoms with Crippen molar-refractivity contribution in [3.8, 4) is 0 Å². The third-order valence-corrected chi connectivity index (χ3v) is 13.3. The molecule has 9 heteroatoms. The van der Waals surface area contributed by atoms with Gasteiger partial charge in [0.2, 0.25) is 5.91 Å². The van der Waals surface area contributed by atoms with E-state index in [0.29, 0.717) is 23.9 Å². The van der Waals surface area contributed by atoms with Crippen molar-refractivity contribution in [1.29, 1.82) is 0 Å². The van der Waals surface area contributed by atoms with Crippen molar-refractivity contribution < 1.29 is 32.9 Å². The minimum atomic E-state index is -4.57. The molecule has 3 atom stereocenters. The van der Waals surface area contributed by atoms with Crippen LogP contribution in [-0.4, -0.2) is 68.5 Å². The molecule has 8 nitrogen and oxygen atoms in total. The molecule has 0 spiro atoms. The average Bonchev–Trinajstić information content (AvgIpc) is 3.26. The maximum atomic E-state index is 13.0. The van der Waals surface area contributed by atoms with E-state index >= 15 is 0 Å². The van der Waals surface area contributed by atoms with E-state index in [2.05, 4.69) is 67.8 Å². The fourth-order valence-corrected chi connectivity index (χ4v) is 8.76. The van der Waals surface area contributed by atoms with Gasteiger partial charge in [-0.05, 0) is 51.4 Å². The van der Waals surface area contributed by atoms with E-state index in [1.54, 1.807) is 0 Å². The van der Waals surface area contributed by atoms with Gasteiger partial charge in [-0.2, -0.15) is 0 Å². The average molecular weight is 935 g/mol. The molecular formula is C56H107N2O6P. The van der Waals surface area contributed by atoms with Crippen molar-refractivity contribution >= 4 is 13.7 Å². The Morgan fingerprint density at radius 2 is 0.938 bits per heavy atom. The Labute approximate surface area is 403 Å². The van der Waals surface area contributed by atoms with E-state index in [0.717, 1.165) is 64.2 Å². The highest BCUT2D eigenvalue weighted by atomic mass is 31.2. The highest BCUT2D eigenvalue weighted by Crippen LogP contribution is 2.38. The second-order valence-electron chi connectivity index (χ2n) is 19.9. The van der Waals surface area contributed by atoms with Gasteiger partial charge in [0, 0.05) is 6.42 Å². The number of amides is 1. The minimum absolute atomic E-state index is 0.0104. The standard InChI is InChI=1S/C56H107N2O6P/c1-6-8-10-12-14-16-18-20-22-24-26-28-29-30-32-34-36-38-40-42-44-46-48-50-56(60)57-54(53-64-65(61,62)63-52-51-58(3,4)5)55(59)49-47-45-43-41-39-37-35-33-31-27-25-23-21-19-17-15-13-11-9-7-2/h8,10,14,16,20,22,26,28,54-55,59H,6-7,9,11-13,15,17-19,21,23-25,27,29-53H2,1-5H3,(H-,57,60,61,62)/b10-8-,16-14-,22-20-,28-26-. The van der Waals surface area contributed by atoms with Gasteiger partial charge in [-0.25, -0.2) is 0 Å². The van der Waals surface area contributed by atoms with Crippen molar-refractivity contribution in [1.82, 2.24) is 5.32 Å². The molecule has 2 N–H and O–H groups in total. The van der Waals surface area contributed by atoms with E-state index in [4.69, 9.17) is 9.05 Å². The molecule has 0 saturated carbocycles. The molecule has 65 heavy (non-hydrogen) atoms. The first kappa shape index (κ1) is 63.5. The molecule has 0 heterocycles. The van der Waals surface area contributed by atoms with Crippen LogP contribution in [0.4, 0.5) is 0 Å². The van der Waals surface area contributed by atoms with Crippen LogP contribution in [0.1, 0.15) is 251 Å². The smallest absolute Gasteiger partial charge is 0.268 e. The molecule has 0 aromatic carbocycles. The lowest BCUT2D eigenvalue weighted by Gasteiger charge is -2.30. The summed E-state index contributed by atoms with van der Waals surface area (Å²) in [7, 11) is 1.30. The van der Waals surface area contributed by atoms with Crippen LogP contribution in [-0.2, 0) is 18.4 Å². The second kappa shape index (κ2) is 47.5. The van der Waals surface area contributed by atoms with Crippen LogP contribution in [0, 0.1) is 0 Å². The Hall–Kier alpha value is -1.54. The van der Waals surface area contributed by atoms with E-state index in [-0.39, 0.29) is 19.1 Å². The SMILES string of the molecule is CC/C=C\C/C=C\C/C=C\C/C=C\CCCCCCCCCCCCC(=O)NC(COP(=O)([O-])OCC[N+](C)(C)C)C(O)CCCCCCCCCCCCCCCCCCCCCC. The topological polar surface area (TPSA) is 108 Å². The Bertz CT molecular complexity index is 1200. The number of rotatable bonds is 50. The summed E-state index contributed by atoms with van der Waals surface area (Å²) in [6, 6.07) is -0.805. The zero-order valence-electron chi connectivity index (χ0n) is 43.4. The van der Waals surface area contributed by atoms with Crippen molar-refractivity contribution in [3.63, 3.8) is 0 Å². The molecule has 0 fully saturated rings. The van der Waals surface area contributed by atoms with E-state index in [1.807, 2.05) is 21.1 Å². The number of unbranched alkanes of at least 4 members (excludes halogenated alkanes) is 29. The Kier molecular flexibility index (Phi) is 46.4. The lowest BCUT2D eigenvalue weighted by molar-refractivity contribution is -0.870. The number of nitrogens with one attached hydrogen (secondary N) is 1. The molecule has 0 aliphatic rings. The van der Waals surface area contributed by atoms with Crippen molar-refractivity contribution in [2.24, 2.45) is 0 Å². The number of quaternary nitrogens is 1. The Balaban J connectivity index is 4.21. The number of aliphatic hydroxyl groups is 1. The first-order valence-corrected chi connectivity index (χ1v) is 28.9. The molecule has 0 rings (SSSR count). The first-order chi connectivity index (χ1) is 31.5. The number of hydrogen-bond donors (Lipinski definition) is 2. The highest BCUT2D eigenvalue weighted by Gasteiger charge is 2.24. The zero-order valence-corrected chi connectivity index (χ0v) is 44.3. The van der Waals surface area contributed by atoms with Crippen LogP contribution < -0.4 is 10.2 Å². The molecular weight excluding hydrogens is 828 g/mol. The monoisotopic (exact) mass is 935 g/mol. The molecule has 0 aromatic heterocycles. The molecule has 382 valence electrons. The minimum Gasteiger partial charge on any atom is -0.756 e. The van der Waals surface area contributed by atoms with Gasteiger partial charge >= 0.3 is 0 Å². The number of phosphoric ester groups is 1. The van der Waals surface area contributed by atoms with Crippen LogP contribution in [0.5, 0.6) is 0 Å². The molecule has 0 aromatic rings. The molecule has 0 bridgehead atoms. The number of nitrogens with zero attached hydrogens (tertiary/aromatic N) is 1. The normalized spacial score (nSPS) is 14.4. The summed E-state index contributed by atoms with van der Waals surface area (Å²) >= 11 is 0. The van der Waals surface area contributed by atoms with Gasteiger partial charge in [-0.15, -0.1) is 0 Å². The summed E-state index contributed by atoms with van der Waals surface area (Å²) in [6.07, 6.45) is 61.3. The lowest BCUT2D eigenvalue weighted by atomic mass is 10.0. The fourth-order valence-electron chi connectivity index (χ4n) is 8.03. The number of carbonyl (C=O) groups excluding carboxylic acids is 1. The van der Waals surface area contributed by atoms with Crippen molar-refractivity contribution in [3.05, 3.63) is 48.6 Å². The van der Waals surface area contributed by atoms with Crippen LogP contribution in [0.3, 0.4) is 0 Å². The number of likely N-dealkylation sites (N-methyl/N-ethyl adjacent to an activating group) is 1. The van der Waals surface area contributed by atoms with Crippen molar-refractivity contribution in [2.75, 3.05) is 40.9 Å². The van der Waals surface area contributed by atoms with Gasteiger partial charge in [0.25, 0.3) is 7.82 Å². The van der Waals surface area contributed by atoms with Gasteiger partial charge < -0.3 is 28.8 Å². The van der Waals surface area contributed by atoms with Gasteiger partial charge in [0.1, 0.15) is 13.2 Å². The van der Waals surface area contributed by atoms with E-state index in [9.17, 15) is 19.4 Å². The summed E-state index contributed by atoms with van der Waals surface area (Å²) < 4.78 is 23.4. The van der Waals surface area contributed by atoms with E-state index in [1.165, 1.54) is 161 Å². The highest BCUT2D eigenvalue weighted by molar-refractivity contribution is 7.45. The van der Waals surface area contributed by atoms with Gasteiger partial charge in [-0.3, -0.25) is 9.36 Å². The number of allylic oxidation sites excluding steroid dienone is 8. The third kappa shape index (κ3) is 50.2. The first-order valence-electron chi connectivity index (χ1n) is 27.5. The number of aliphatic hydroxyl groups excluding tert-OH is 1. The summed E-state index contributed by atoms with van der Waals surface area (Å²) in [6.45, 7) is 4.63. The molecule has 0 radical (unpaired) electrons. The van der Waals surface area contributed by atoms with Crippen LogP contribution >= 0.6 is 7.82 Å². The predicted molar refractivity (Wildman–Crippen MR) is 279 cm³/mol. The number of carbonyl (C=O) groups is 1. The maximum Gasteiger partial charge on any atom is 0.268 e. The van der Waals surface area contributed by atoms with E-state index < -0.39 is 20.0 Å². The molecule has 0 aliphatic heterocycles.